The van der Waals surface area contributed by atoms with Crippen LogP contribution in [0.2, 0.25) is 0 Å². The molecule has 0 spiro atoms. The van der Waals surface area contributed by atoms with Gasteiger partial charge in [0, 0.05) is 34.1 Å². The number of rotatable bonds is 5. The molecule has 21 heavy (non-hydrogen) atoms. The Balaban J connectivity index is 1.91. The average molecular weight is 305 g/mol. The molecule has 0 aliphatic rings. The van der Waals surface area contributed by atoms with Gasteiger partial charge in [-0.15, -0.1) is 0 Å². The number of nitrogens with one attached hydrogen (secondary N) is 1. The van der Waals surface area contributed by atoms with Crippen LogP contribution in [-0.4, -0.2) is 16.4 Å². The number of aryl methyl sites for hydroxylation is 1. The van der Waals surface area contributed by atoms with Crippen molar-refractivity contribution in [1.82, 2.24) is 0 Å². The lowest BCUT2D eigenvalue weighted by molar-refractivity contribution is -0.116. The van der Waals surface area contributed by atoms with E-state index in [2.05, 4.69) is 5.32 Å². The number of amides is 1. The maximum absolute atomic E-state index is 12.8. The molecule has 1 N–H and O–H groups in total. The van der Waals surface area contributed by atoms with E-state index in [0.717, 1.165) is 5.56 Å². The lowest BCUT2D eigenvalue weighted by Gasteiger charge is -2.06. The molecule has 2 rings (SSSR count). The van der Waals surface area contributed by atoms with Crippen LogP contribution in [0, 0.1) is 5.82 Å². The topological polar surface area (TPSA) is 46.2 Å². The summed E-state index contributed by atoms with van der Waals surface area (Å²) in [7, 11) is -1.08. The standard InChI is InChI=1S/C16H16FNO2S/c1-21(20)15-4-2-3-14(11-15)18-16(19)10-7-12-5-8-13(17)9-6-12/h2-6,8-9,11H,7,10H2,1H3,(H,18,19). The van der Waals surface area contributed by atoms with Crippen LogP contribution in [-0.2, 0) is 22.0 Å². The summed E-state index contributed by atoms with van der Waals surface area (Å²) in [5, 5.41) is 2.77. The zero-order valence-electron chi connectivity index (χ0n) is 11.6. The molecule has 0 radical (unpaired) electrons. The van der Waals surface area contributed by atoms with Gasteiger partial charge in [0.2, 0.25) is 5.91 Å². The maximum Gasteiger partial charge on any atom is 0.224 e. The fourth-order valence-corrected chi connectivity index (χ4v) is 2.45. The van der Waals surface area contributed by atoms with Crippen LogP contribution in [0.5, 0.6) is 0 Å². The Hall–Kier alpha value is -2.01. The molecule has 0 aliphatic heterocycles. The van der Waals surface area contributed by atoms with Gasteiger partial charge in [0.1, 0.15) is 5.82 Å². The average Bonchev–Trinajstić information content (AvgIpc) is 2.47. The van der Waals surface area contributed by atoms with Crippen molar-refractivity contribution in [3.05, 3.63) is 59.9 Å². The predicted molar refractivity (Wildman–Crippen MR) is 82.1 cm³/mol. The van der Waals surface area contributed by atoms with Gasteiger partial charge in [0.25, 0.3) is 0 Å². The molecule has 1 unspecified atom stereocenters. The minimum atomic E-state index is -1.08. The zero-order chi connectivity index (χ0) is 15.2. The first kappa shape index (κ1) is 15.4. The maximum atomic E-state index is 12.8. The first-order chi connectivity index (χ1) is 10.0. The molecule has 3 nitrogen and oxygen atoms in total. The second-order valence-corrected chi connectivity index (χ2v) is 6.04. The smallest absolute Gasteiger partial charge is 0.224 e. The molecule has 1 amide bonds. The van der Waals surface area contributed by atoms with Crippen molar-refractivity contribution in [3.8, 4) is 0 Å². The number of carbonyl (C=O) groups excluding carboxylic acids is 1. The van der Waals surface area contributed by atoms with Gasteiger partial charge in [-0.05, 0) is 42.3 Å². The molecule has 0 fully saturated rings. The summed E-state index contributed by atoms with van der Waals surface area (Å²) < 4.78 is 24.2. The Morgan fingerprint density at radius 2 is 1.90 bits per heavy atom. The molecule has 0 saturated carbocycles. The number of halogens is 1. The fourth-order valence-electron chi connectivity index (χ4n) is 1.89. The van der Waals surface area contributed by atoms with Crippen LogP contribution in [0.25, 0.3) is 0 Å². The molecular weight excluding hydrogens is 289 g/mol. The first-order valence-corrected chi connectivity index (χ1v) is 8.08. The van der Waals surface area contributed by atoms with Gasteiger partial charge in [-0.25, -0.2) is 4.39 Å². The second-order valence-electron chi connectivity index (χ2n) is 4.66. The van der Waals surface area contributed by atoms with Crippen LogP contribution in [0.4, 0.5) is 10.1 Å². The summed E-state index contributed by atoms with van der Waals surface area (Å²) in [4.78, 5) is 12.5. The predicted octanol–water partition coefficient (Wildman–Crippen LogP) is 3.13. The highest BCUT2D eigenvalue weighted by Gasteiger charge is 2.05. The van der Waals surface area contributed by atoms with E-state index >= 15 is 0 Å². The van der Waals surface area contributed by atoms with Crippen molar-refractivity contribution < 1.29 is 13.4 Å². The van der Waals surface area contributed by atoms with E-state index in [1.54, 1.807) is 42.7 Å². The fraction of sp³-hybridized carbons (Fsp3) is 0.188. The SMILES string of the molecule is CS(=O)c1cccc(NC(=O)CCc2ccc(F)cc2)c1. The van der Waals surface area contributed by atoms with Crippen LogP contribution >= 0.6 is 0 Å². The Bertz CT molecular complexity index is 656. The first-order valence-electron chi connectivity index (χ1n) is 6.52. The van der Waals surface area contributed by atoms with E-state index in [-0.39, 0.29) is 11.7 Å². The van der Waals surface area contributed by atoms with Gasteiger partial charge in [-0.2, -0.15) is 0 Å². The molecule has 0 aliphatic carbocycles. The van der Waals surface area contributed by atoms with Gasteiger partial charge in [0.05, 0.1) is 0 Å². The van der Waals surface area contributed by atoms with E-state index in [4.69, 9.17) is 0 Å². The molecule has 110 valence electrons. The van der Waals surface area contributed by atoms with Crippen LogP contribution < -0.4 is 5.32 Å². The quantitative estimate of drug-likeness (QED) is 0.922. The molecule has 2 aromatic carbocycles. The lowest BCUT2D eigenvalue weighted by Crippen LogP contribution is -2.12. The summed E-state index contributed by atoms with van der Waals surface area (Å²) in [5.41, 5.74) is 1.54. The van der Waals surface area contributed by atoms with E-state index < -0.39 is 10.8 Å². The Morgan fingerprint density at radius 3 is 2.57 bits per heavy atom. The lowest BCUT2D eigenvalue weighted by atomic mass is 10.1. The van der Waals surface area contributed by atoms with E-state index in [0.29, 0.717) is 23.4 Å². The van der Waals surface area contributed by atoms with E-state index in [1.807, 2.05) is 0 Å². The molecule has 0 aromatic heterocycles. The summed E-state index contributed by atoms with van der Waals surface area (Å²) in [5.74, 6) is -0.411. The zero-order valence-corrected chi connectivity index (χ0v) is 12.5. The summed E-state index contributed by atoms with van der Waals surface area (Å²) in [6.45, 7) is 0. The van der Waals surface area contributed by atoms with Crippen LogP contribution in [0.1, 0.15) is 12.0 Å². The third-order valence-corrected chi connectivity index (χ3v) is 3.92. The van der Waals surface area contributed by atoms with Crippen LogP contribution in [0.3, 0.4) is 0 Å². The molecule has 2 aromatic rings. The Morgan fingerprint density at radius 1 is 1.19 bits per heavy atom. The molecule has 0 heterocycles. The highest BCUT2D eigenvalue weighted by Crippen LogP contribution is 2.14. The molecule has 0 saturated heterocycles. The van der Waals surface area contributed by atoms with Gasteiger partial charge in [-0.1, -0.05) is 18.2 Å². The van der Waals surface area contributed by atoms with Crippen molar-refractivity contribution in [2.75, 3.05) is 11.6 Å². The summed E-state index contributed by atoms with van der Waals surface area (Å²) in [6, 6.07) is 13.1. The molecular formula is C16H16FNO2S. The number of hydrogen-bond donors (Lipinski definition) is 1. The van der Waals surface area contributed by atoms with Crippen molar-refractivity contribution in [2.45, 2.75) is 17.7 Å². The van der Waals surface area contributed by atoms with Gasteiger partial charge < -0.3 is 5.32 Å². The van der Waals surface area contributed by atoms with Gasteiger partial charge in [-0.3, -0.25) is 9.00 Å². The van der Waals surface area contributed by atoms with Crippen molar-refractivity contribution in [3.63, 3.8) is 0 Å². The summed E-state index contributed by atoms with van der Waals surface area (Å²) >= 11 is 0. The van der Waals surface area contributed by atoms with Crippen LogP contribution in [0.15, 0.2) is 53.4 Å². The minimum Gasteiger partial charge on any atom is -0.326 e. The number of benzene rings is 2. The number of carbonyl (C=O) groups is 1. The number of hydrogen-bond acceptors (Lipinski definition) is 2. The minimum absolute atomic E-state index is 0.127. The largest absolute Gasteiger partial charge is 0.326 e. The third kappa shape index (κ3) is 4.79. The molecule has 1 atom stereocenters. The number of anilines is 1. The molecule has 5 heteroatoms. The van der Waals surface area contributed by atoms with Crippen molar-refractivity contribution >= 4 is 22.4 Å². The second kappa shape index (κ2) is 7.13. The highest BCUT2D eigenvalue weighted by molar-refractivity contribution is 7.84. The third-order valence-electron chi connectivity index (χ3n) is 3.00. The van der Waals surface area contributed by atoms with Crippen molar-refractivity contribution in [1.29, 1.82) is 0 Å². The summed E-state index contributed by atoms with van der Waals surface area (Å²) in [6.07, 6.45) is 2.45. The molecule has 0 bridgehead atoms. The Labute approximate surface area is 125 Å². The monoisotopic (exact) mass is 305 g/mol. The van der Waals surface area contributed by atoms with Gasteiger partial charge in [0.15, 0.2) is 0 Å². The Kier molecular flexibility index (Phi) is 5.22. The van der Waals surface area contributed by atoms with E-state index in [1.165, 1.54) is 12.1 Å². The van der Waals surface area contributed by atoms with E-state index in [9.17, 15) is 13.4 Å². The normalized spacial score (nSPS) is 11.9. The highest BCUT2D eigenvalue weighted by atomic mass is 32.2. The van der Waals surface area contributed by atoms with Crippen molar-refractivity contribution in [2.24, 2.45) is 0 Å². The van der Waals surface area contributed by atoms with Gasteiger partial charge >= 0.3 is 0 Å².